The Balaban J connectivity index is 2.25. The number of aromatic nitrogens is 1. The van der Waals surface area contributed by atoms with Crippen LogP contribution in [0.25, 0.3) is 22.4 Å². The van der Waals surface area contributed by atoms with E-state index in [2.05, 4.69) is 30.1 Å². The molecule has 3 aromatic rings. The fourth-order valence-electron chi connectivity index (χ4n) is 2.43. The summed E-state index contributed by atoms with van der Waals surface area (Å²) in [7, 11) is 0. The minimum absolute atomic E-state index is 0.751. The van der Waals surface area contributed by atoms with E-state index in [0.717, 1.165) is 22.5 Å². The Labute approximate surface area is 118 Å². The van der Waals surface area contributed by atoms with Crippen molar-refractivity contribution in [2.45, 2.75) is 6.92 Å². The van der Waals surface area contributed by atoms with Crippen molar-refractivity contribution in [1.29, 1.82) is 0 Å². The maximum Gasteiger partial charge on any atom is 0.0801 e. The Bertz CT molecular complexity index is 683. The van der Waals surface area contributed by atoms with Crippen molar-refractivity contribution >= 4 is 5.69 Å². The molecule has 2 aromatic carbocycles. The van der Waals surface area contributed by atoms with Gasteiger partial charge in [0, 0.05) is 23.0 Å². The average molecular weight is 260 g/mol. The Kier molecular flexibility index (Phi) is 3.21. The number of pyridine rings is 1. The lowest BCUT2D eigenvalue weighted by Gasteiger charge is -2.12. The van der Waals surface area contributed by atoms with Gasteiger partial charge in [0.2, 0.25) is 0 Å². The molecule has 1 heterocycles. The normalized spacial score (nSPS) is 10.4. The van der Waals surface area contributed by atoms with Crippen LogP contribution >= 0.6 is 0 Å². The number of hydrogen-bond donors (Lipinski definition) is 1. The van der Waals surface area contributed by atoms with Crippen molar-refractivity contribution in [3.8, 4) is 22.4 Å². The third-order valence-corrected chi connectivity index (χ3v) is 3.46. The number of para-hydroxylation sites is 1. The first-order valence-corrected chi connectivity index (χ1v) is 6.63. The summed E-state index contributed by atoms with van der Waals surface area (Å²) in [6.07, 6.45) is 1.81. The topological polar surface area (TPSA) is 38.9 Å². The van der Waals surface area contributed by atoms with Gasteiger partial charge in [-0.05, 0) is 30.2 Å². The second-order valence-electron chi connectivity index (χ2n) is 4.80. The van der Waals surface area contributed by atoms with Gasteiger partial charge in [0.05, 0.1) is 5.69 Å². The molecule has 0 unspecified atom stereocenters. The van der Waals surface area contributed by atoms with Crippen LogP contribution in [0.15, 0.2) is 66.9 Å². The second-order valence-corrected chi connectivity index (χ2v) is 4.80. The Hall–Kier alpha value is -2.61. The van der Waals surface area contributed by atoms with Crippen molar-refractivity contribution in [1.82, 2.24) is 4.98 Å². The quantitative estimate of drug-likeness (QED) is 0.697. The lowest BCUT2D eigenvalue weighted by atomic mass is 9.95. The SMILES string of the molecule is Cc1ccccc1-c1cccnc1-c1ccccc1N. The predicted octanol–water partition coefficient (Wildman–Crippen LogP) is 4.31. The van der Waals surface area contributed by atoms with Crippen LogP contribution in [0, 0.1) is 6.92 Å². The standard InChI is InChI=1S/C18H16N2/c1-13-7-2-3-8-14(13)15-10-6-12-20-18(15)16-9-4-5-11-17(16)19/h2-12H,19H2,1H3. The maximum absolute atomic E-state index is 6.10. The average Bonchev–Trinajstić information content (AvgIpc) is 2.48. The third kappa shape index (κ3) is 2.16. The van der Waals surface area contributed by atoms with Gasteiger partial charge >= 0.3 is 0 Å². The summed E-state index contributed by atoms with van der Waals surface area (Å²) < 4.78 is 0. The van der Waals surface area contributed by atoms with Crippen molar-refractivity contribution in [3.05, 3.63) is 72.4 Å². The van der Waals surface area contributed by atoms with Crippen molar-refractivity contribution in [2.24, 2.45) is 0 Å². The Morgan fingerprint density at radius 3 is 2.15 bits per heavy atom. The number of nitrogens with two attached hydrogens (primary N) is 1. The molecule has 2 nitrogen and oxygen atoms in total. The van der Waals surface area contributed by atoms with Gasteiger partial charge in [0.1, 0.15) is 0 Å². The highest BCUT2D eigenvalue weighted by molar-refractivity contribution is 5.86. The van der Waals surface area contributed by atoms with Gasteiger partial charge in [-0.25, -0.2) is 0 Å². The van der Waals surface area contributed by atoms with E-state index in [0.29, 0.717) is 0 Å². The number of nitrogen functional groups attached to an aromatic ring is 1. The van der Waals surface area contributed by atoms with Gasteiger partial charge in [-0.2, -0.15) is 0 Å². The number of anilines is 1. The largest absolute Gasteiger partial charge is 0.398 e. The van der Waals surface area contributed by atoms with Crippen molar-refractivity contribution in [3.63, 3.8) is 0 Å². The van der Waals surface area contributed by atoms with E-state index in [9.17, 15) is 0 Å². The van der Waals surface area contributed by atoms with Crippen LogP contribution in [0.4, 0.5) is 5.69 Å². The van der Waals surface area contributed by atoms with E-state index in [1.165, 1.54) is 11.1 Å². The highest BCUT2D eigenvalue weighted by atomic mass is 14.7. The maximum atomic E-state index is 6.10. The summed E-state index contributed by atoms with van der Waals surface area (Å²) in [6, 6.07) is 20.2. The highest BCUT2D eigenvalue weighted by Gasteiger charge is 2.11. The number of benzene rings is 2. The van der Waals surface area contributed by atoms with Gasteiger partial charge in [0.15, 0.2) is 0 Å². The molecular formula is C18H16N2. The zero-order chi connectivity index (χ0) is 13.9. The zero-order valence-corrected chi connectivity index (χ0v) is 11.4. The molecule has 0 aliphatic carbocycles. The molecule has 0 radical (unpaired) electrons. The van der Waals surface area contributed by atoms with Crippen LogP contribution in [0.3, 0.4) is 0 Å². The van der Waals surface area contributed by atoms with E-state index < -0.39 is 0 Å². The molecule has 2 N–H and O–H groups in total. The van der Waals surface area contributed by atoms with Crippen LogP contribution in [-0.2, 0) is 0 Å². The summed E-state index contributed by atoms with van der Waals surface area (Å²) in [5, 5.41) is 0. The first kappa shape index (κ1) is 12.4. The molecular weight excluding hydrogens is 244 g/mol. The van der Waals surface area contributed by atoms with Crippen molar-refractivity contribution in [2.75, 3.05) is 5.73 Å². The van der Waals surface area contributed by atoms with E-state index in [1.807, 2.05) is 48.7 Å². The van der Waals surface area contributed by atoms with Gasteiger partial charge in [0.25, 0.3) is 0 Å². The number of hydrogen-bond acceptors (Lipinski definition) is 2. The molecule has 0 amide bonds. The lowest BCUT2D eigenvalue weighted by Crippen LogP contribution is -1.94. The molecule has 0 saturated carbocycles. The molecule has 2 heteroatoms. The summed E-state index contributed by atoms with van der Waals surface area (Å²) in [5.41, 5.74) is 12.3. The molecule has 0 aliphatic rings. The van der Waals surface area contributed by atoms with Crippen LogP contribution < -0.4 is 5.73 Å². The van der Waals surface area contributed by atoms with Crippen molar-refractivity contribution < 1.29 is 0 Å². The van der Waals surface area contributed by atoms with Gasteiger partial charge in [-0.1, -0.05) is 48.5 Å². The van der Waals surface area contributed by atoms with Gasteiger partial charge in [-0.3, -0.25) is 4.98 Å². The summed E-state index contributed by atoms with van der Waals surface area (Å²) >= 11 is 0. The zero-order valence-electron chi connectivity index (χ0n) is 11.4. The molecule has 3 rings (SSSR count). The minimum atomic E-state index is 0.751. The van der Waals surface area contributed by atoms with Crippen LogP contribution in [0.5, 0.6) is 0 Å². The molecule has 0 spiro atoms. The Morgan fingerprint density at radius 1 is 0.750 bits per heavy atom. The molecule has 0 fully saturated rings. The molecule has 1 aromatic heterocycles. The lowest BCUT2D eigenvalue weighted by molar-refractivity contribution is 1.32. The van der Waals surface area contributed by atoms with Crippen LogP contribution in [0.2, 0.25) is 0 Å². The fraction of sp³-hybridized carbons (Fsp3) is 0.0556. The van der Waals surface area contributed by atoms with E-state index in [-0.39, 0.29) is 0 Å². The molecule has 0 bridgehead atoms. The number of rotatable bonds is 2. The van der Waals surface area contributed by atoms with Crippen LogP contribution in [0.1, 0.15) is 5.56 Å². The first-order valence-electron chi connectivity index (χ1n) is 6.63. The number of nitrogens with zero attached hydrogens (tertiary/aromatic N) is 1. The monoisotopic (exact) mass is 260 g/mol. The van der Waals surface area contributed by atoms with E-state index >= 15 is 0 Å². The smallest absolute Gasteiger partial charge is 0.0801 e. The fourth-order valence-corrected chi connectivity index (χ4v) is 2.43. The molecule has 0 atom stereocenters. The third-order valence-electron chi connectivity index (χ3n) is 3.46. The van der Waals surface area contributed by atoms with E-state index in [4.69, 9.17) is 5.73 Å². The predicted molar refractivity (Wildman–Crippen MR) is 84.3 cm³/mol. The molecule has 20 heavy (non-hydrogen) atoms. The molecule has 98 valence electrons. The van der Waals surface area contributed by atoms with Gasteiger partial charge < -0.3 is 5.73 Å². The molecule has 0 aliphatic heterocycles. The Morgan fingerprint density at radius 2 is 1.40 bits per heavy atom. The summed E-state index contributed by atoms with van der Waals surface area (Å²) in [5.74, 6) is 0. The van der Waals surface area contributed by atoms with Crippen LogP contribution in [-0.4, -0.2) is 4.98 Å². The first-order chi connectivity index (χ1) is 9.77. The highest BCUT2D eigenvalue weighted by Crippen LogP contribution is 2.34. The summed E-state index contributed by atoms with van der Waals surface area (Å²) in [6.45, 7) is 2.11. The minimum Gasteiger partial charge on any atom is -0.398 e. The molecule has 0 saturated heterocycles. The second kappa shape index (κ2) is 5.17. The number of aryl methyl sites for hydroxylation is 1. The van der Waals surface area contributed by atoms with E-state index in [1.54, 1.807) is 0 Å². The van der Waals surface area contributed by atoms with Gasteiger partial charge in [-0.15, -0.1) is 0 Å². The summed E-state index contributed by atoms with van der Waals surface area (Å²) in [4.78, 5) is 4.55.